The quantitative estimate of drug-likeness (QED) is 0.704. The van der Waals surface area contributed by atoms with Gasteiger partial charge in [-0.25, -0.2) is 0 Å². The van der Waals surface area contributed by atoms with Gasteiger partial charge in [-0.1, -0.05) is 13.8 Å². The minimum absolute atomic E-state index is 0.647. The van der Waals surface area contributed by atoms with Gasteiger partial charge in [-0.2, -0.15) is 0 Å². The maximum absolute atomic E-state index is 5.24. The number of methoxy groups -OCH3 is 1. The van der Waals surface area contributed by atoms with Gasteiger partial charge in [0.25, 0.3) is 0 Å². The molecule has 0 saturated carbocycles. The minimum Gasteiger partial charge on any atom is -0.384 e. The Labute approximate surface area is 107 Å². The van der Waals surface area contributed by atoms with Crippen LogP contribution < -0.4 is 5.32 Å². The number of hydrogen-bond acceptors (Lipinski definition) is 3. The summed E-state index contributed by atoms with van der Waals surface area (Å²) in [7, 11) is 1.80. The van der Waals surface area contributed by atoms with Crippen LogP contribution in [-0.4, -0.2) is 51.3 Å². The molecule has 3 nitrogen and oxygen atoms in total. The zero-order chi connectivity index (χ0) is 12.5. The van der Waals surface area contributed by atoms with E-state index in [2.05, 4.69) is 24.1 Å². The van der Waals surface area contributed by atoms with Crippen LogP contribution in [0.5, 0.6) is 0 Å². The van der Waals surface area contributed by atoms with Crippen molar-refractivity contribution in [1.29, 1.82) is 0 Å². The number of nitrogens with one attached hydrogen (secondary N) is 1. The number of piperidine rings is 1. The van der Waals surface area contributed by atoms with E-state index >= 15 is 0 Å². The summed E-state index contributed by atoms with van der Waals surface area (Å²) in [4.78, 5) is 2.64. The second kappa shape index (κ2) is 8.90. The molecule has 1 N–H and O–H groups in total. The SMILES string of the molecule is CCCN(CC(C)COC)CC1CCNCC1. The molecule has 0 aromatic carbocycles. The molecule has 102 valence electrons. The Balaban J connectivity index is 2.30. The Morgan fingerprint density at radius 3 is 2.65 bits per heavy atom. The molecule has 1 atom stereocenters. The summed E-state index contributed by atoms with van der Waals surface area (Å²) in [5.41, 5.74) is 0. The molecule has 3 heteroatoms. The van der Waals surface area contributed by atoms with Gasteiger partial charge in [0.15, 0.2) is 0 Å². The lowest BCUT2D eigenvalue weighted by molar-refractivity contribution is 0.117. The molecular formula is C14H30N2O. The van der Waals surface area contributed by atoms with E-state index in [0.717, 1.165) is 12.5 Å². The van der Waals surface area contributed by atoms with Gasteiger partial charge in [0, 0.05) is 26.8 Å². The highest BCUT2D eigenvalue weighted by Gasteiger charge is 2.17. The summed E-state index contributed by atoms with van der Waals surface area (Å²) in [6, 6.07) is 0. The first-order valence-corrected chi connectivity index (χ1v) is 7.18. The van der Waals surface area contributed by atoms with E-state index in [1.165, 1.54) is 52.0 Å². The molecule has 0 radical (unpaired) electrons. The Morgan fingerprint density at radius 1 is 1.35 bits per heavy atom. The fourth-order valence-corrected chi connectivity index (χ4v) is 2.78. The summed E-state index contributed by atoms with van der Waals surface area (Å²) >= 11 is 0. The highest BCUT2D eigenvalue weighted by atomic mass is 16.5. The second-order valence-corrected chi connectivity index (χ2v) is 5.51. The molecule has 0 aromatic heterocycles. The summed E-state index contributed by atoms with van der Waals surface area (Å²) in [6.45, 7) is 11.6. The van der Waals surface area contributed by atoms with E-state index in [0.29, 0.717) is 5.92 Å². The summed E-state index contributed by atoms with van der Waals surface area (Å²) < 4.78 is 5.24. The van der Waals surface area contributed by atoms with Crippen LogP contribution in [0.25, 0.3) is 0 Å². The van der Waals surface area contributed by atoms with E-state index in [9.17, 15) is 0 Å². The van der Waals surface area contributed by atoms with Gasteiger partial charge in [0.1, 0.15) is 0 Å². The lowest BCUT2D eigenvalue weighted by Crippen LogP contribution is -2.39. The normalized spacial score (nSPS) is 19.8. The fourth-order valence-electron chi connectivity index (χ4n) is 2.78. The molecule has 1 rings (SSSR count). The Morgan fingerprint density at radius 2 is 2.06 bits per heavy atom. The average Bonchev–Trinajstić information content (AvgIpc) is 2.31. The second-order valence-electron chi connectivity index (χ2n) is 5.51. The Bertz CT molecular complexity index is 181. The molecular weight excluding hydrogens is 212 g/mol. The van der Waals surface area contributed by atoms with Crippen molar-refractivity contribution in [3.05, 3.63) is 0 Å². The third-order valence-electron chi connectivity index (χ3n) is 3.54. The van der Waals surface area contributed by atoms with Crippen LogP contribution in [0.15, 0.2) is 0 Å². The first-order chi connectivity index (χ1) is 8.26. The van der Waals surface area contributed by atoms with E-state index in [-0.39, 0.29) is 0 Å². The van der Waals surface area contributed by atoms with Gasteiger partial charge in [-0.05, 0) is 50.7 Å². The number of ether oxygens (including phenoxy) is 1. The van der Waals surface area contributed by atoms with Crippen molar-refractivity contribution in [3.63, 3.8) is 0 Å². The van der Waals surface area contributed by atoms with Gasteiger partial charge in [-0.15, -0.1) is 0 Å². The highest BCUT2D eigenvalue weighted by molar-refractivity contribution is 4.73. The molecule has 1 heterocycles. The molecule has 0 bridgehead atoms. The summed E-state index contributed by atoms with van der Waals surface area (Å²) in [6.07, 6.45) is 3.95. The molecule has 1 unspecified atom stereocenters. The van der Waals surface area contributed by atoms with Crippen molar-refractivity contribution in [2.75, 3.05) is 46.4 Å². The van der Waals surface area contributed by atoms with Gasteiger partial charge >= 0.3 is 0 Å². The topological polar surface area (TPSA) is 24.5 Å². The van der Waals surface area contributed by atoms with Crippen molar-refractivity contribution >= 4 is 0 Å². The molecule has 1 fully saturated rings. The zero-order valence-corrected chi connectivity index (χ0v) is 11.9. The summed E-state index contributed by atoms with van der Waals surface area (Å²) in [5.74, 6) is 1.55. The van der Waals surface area contributed by atoms with Crippen LogP contribution in [0.1, 0.15) is 33.1 Å². The maximum Gasteiger partial charge on any atom is 0.0500 e. The number of rotatable bonds is 8. The first kappa shape index (κ1) is 14.9. The molecule has 1 aliphatic rings. The van der Waals surface area contributed by atoms with Gasteiger partial charge in [0.05, 0.1) is 0 Å². The van der Waals surface area contributed by atoms with Crippen LogP contribution in [0.4, 0.5) is 0 Å². The van der Waals surface area contributed by atoms with Crippen LogP contribution in [-0.2, 0) is 4.74 Å². The number of hydrogen-bond donors (Lipinski definition) is 1. The summed E-state index contributed by atoms with van der Waals surface area (Å²) in [5, 5.41) is 3.44. The van der Waals surface area contributed by atoms with Crippen LogP contribution in [0.3, 0.4) is 0 Å². The molecule has 1 saturated heterocycles. The molecule has 0 spiro atoms. The number of nitrogens with zero attached hydrogens (tertiary/aromatic N) is 1. The Hall–Kier alpha value is -0.120. The third kappa shape index (κ3) is 6.39. The van der Waals surface area contributed by atoms with Crippen molar-refractivity contribution < 1.29 is 4.74 Å². The molecule has 17 heavy (non-hydrogen) atoms. The van der Waals surface area contributed by atoms with Crippen LogP contribution in [0.2, 0.25) is 0 Å². The average molecular weight is 242 g/mol. The molecule has 0 aromatic rings. The highest BCUT2D eigenvalue weighted by Crippen LogP contribution is 2.14. The third-order valence-corrected chi connectivity index (χ3v) is 3.54. The largest absolute Gasteiger partial charge is 0.384 e. The predicted octanol–water partition coefficient (Wildman–Crippen LogP) is 1.98. The maximum atomic E-state index is 5.24. The standard InChI is InChI=1S/C14H30N2O/c1-4-9-16(10-13(2)12-17-3)11-14-5-7-15-8-6-14/h13-15H,4-12H2,1-3H3. The van der Waals surface area contributed by atoms with Crippen molar-refractivity contribution in [3.8, 4) is 0 Å². The smallest absolute Gasteiger partial charge is 0.0500 e. The minimum atomic E-state index is 0.647. The van der Waals surface area contributed by atoms with Crippen molar-refractivity contribution in [2.45, 2.75) is 33.1 Å². The van der Waals surface area contributed by atoms with Gasteiger partial charge in [-0.3, -0.25) is 0 Å². The van der Waals surface area contributed by atoms with Crippen molar-refractivity contribution in [1.82, 2.24) is 10.2 Å². The van der Waals surface area contributed by atoms with E-state index in [1.54, 1.807) is 7.11 Å². The van der Waals surface area contributed by atoms with Gasteiger partial charge in [0.2, 0.25) is 0 Å². The van der Waals surface area contributed by atoms with E-state index in [1.807, 2.05) is 0 Å². The Kier molecular flexibility index (Phi) is 7.82. The fraction of sp³-hybridized carbons (Fsp3) is 1.00. The lowest BCUT2D eigenvalue weighted by Gasteiger charge is -2.31. The molecule has 0 amide bonds. The van der Waals surface area contributed by atoms with Crippen LogP contribution >= 0.6 is 0 Å². The van der Waals surface area contributed by atoms with Crippen molar-refractivity contribution in [2.24, 2.45) is 11.8 Å². The predicted molar refractivity (Wildman–Crippen MR) is 73.4 cm³/mol. The van der Waals surface area contributed by atoms with E-state index in [4.69, 9.17) is 4.74 Å². The lowest BCUT2D eigenvalue weighted by atomic mass is 9.97. The van der Waals surface area contributed by atoms with Gasteiger partial charge < -0.3 is 15.0 Å². The van der Waals surface area contributed by atoms with Crippen LogP contribution in [0, 0.1) is 11.8 Å². The zero-order valence-electron chi connectivity index (χ0n) is 11.9. The first-order valence-electron chi connectivity index (χ1n) is 7.18. The monoisotopic (exact) mass is 242 g/mol. The molecule has 1 aliphatic heterocycles. The molecule has 0 aliphatic carbocycles. The van der Waals surface area contributed by atoms with E-state index < -0.39 is 0 Å².